The van der Waals surface area contributed by atoms with Crippen molar-refractivity contribution in [3.63, 3.8) is 0 Å². The molecule has 6 nitrogen and oxygen atoms in total. The molecule has 0 fully saturated rings. The molecule has 1 aromatic carbocycles. The zero-order valence-electron chi connectivity index (χ0n) is 16.4. The van der Waals surface area contributed by atoms with E-state index in [-0.39, 0.29) is 18.8 Å². The molecule has 30 heavy (non-hydrogen) atoms. The molecule has 2 aromatic heterocycles. The smallest absolute Gasteiger partial charge is 0.181 e. The highest BCUT2D eigenvalue weighted by molar-refractivity contribution is 6.31. The number of hydrogen-bond donors (Lipinski definition) is 1. The average Bonchev–Trinajstić information content (AvgIpc) is 3.48. The molecule has 1 unspecified atom stereocenters. The number of nitrogens with zero attached hydrogens (tertiary/aromatic N) is 2. The van der Waals surface area contributed by atoms with Crippen molar-refractivity contribution >= 4 is 11.6 Å². The summed E-state index contributed by atoms with van der Waals surface area (Å²) in [6.07, 6.45) is 6.87. The van der Waals surface area contributed by atoms with Crippen LogP contribution in [-0.2, 0) is 25.7 Å². The number of fused-ring (bicyclic) bond motifs is 3. The van der Waals surface area contributed by atoms with Crippen molar-refractivity contribution in [1.82, 2.24) is 10.1 Å². The maximum absolute atomic E-state index is 9.52. The van der Waals surface area contributed by atoms with Gasteiger partial charge in [0.05, 0.1) is 18.0 Å². The maximum atomic E-state index is 9.52. The first-order chi connectivity index (χ1) is 14.7. The van der Waals surface area contributed by atoms with Crippen molar-refractivity contribution in [2.45, 2.75) is 50.7 Å². The molecule has 0 amide bonds. The number of pyridine rings is 1. The summed E-state index contributed by atoms with van der Waals surface area (Å²) in [5.41, 5.74) is 5.94. The van der Waals surface area contributed by atoms with E-state index in [1.807, 2.05) is 18.2 Å². The van der Waals surface area contributed by atoms with Crippen LogP contribution in [0.5, 0.6) is 11.5 Å². The van der Waals surface area contributed by atoms with Gasteiger partial charge in [-0.25, -0.2) is 0 Å². The van der Waals surface area contributed by atoms with Gasteiger partial charge in [-0.2, -0.15) is 0 Å². The number of rotatable bonds is 3. The van der Waals surface area contributed by atoms with Gasteiger partial charge in [0.1, 0.15) is 17.6 Å². The predicted octanol–water partition coefficient (Wildman–Crippen LogP) is 4.24. The average molecular weight is 425 g/mol. The highest BCUT2D eigenvalue weighted by Gasteiger charge is 2.35. The van der Waals surface area contributed by atoms with Gasteiger partial charge in [0.2, 0.25) is 0 Å². The molecular formula is C23H21ClN2O4. The Kier molecular flexibility index (Phi) is 4.25. The van der Waals surface area contributed by atoms with Crippen molar-refractivity contribution < 1.29 is 19.1 Å². The molecular weight excluding hydrogens is 404 g/mol. The Morgan fingerprint density at radius 2 is 1.93 bits per heavy atom. The van der Waals surface area contributed by atoms with Gasteiger partial charge < -0.3 is 19.1 Å². The molecule has 3 aliphatic rings. The number of aliphatic hydroxyl groups is 1. The first-order valence-electron chi connectivity index (χ1n) is 10.4. The third-order valence-corrected chi connectivity index (χ3v) is 6.47. The van der Waals surface area contributed by atoms with E-state index < -0.39 is 0 Å². The van der Waals surface area contributed by atoms with Crippen LogP contribution in [0.4, 0.5) is 0 Å². The van der Waals surface area contributed by atoms with Gasteiger partial charge in [-0.1, -0.05) is 16.8 Å². The Morgan fingerprint density at radius 3 is 2.83 bits per heavy atom. The molecule has 7 heteroatoms. The van der Waals surface area contributed by atoms with Crippen LogP contribution in [0.2, 0.25) is 5.02 Å². The lowest BCUT2D eigenvalue weighted by molar-refractivity contribution is 0.135. The molecule has 2 aliphatic heterocycles. The van der Waals surface area contributed by atoms with E-state index in [9.17, 15) is 5.11 Å². The molecule has 154 valence electrons. The molecule has 0 radical (unpaired) electrons. The van der Waals surface area contributed by atoms with E-state index in [4.69, 9.17) is 25.6 Å². The topological polar surface area (TPSA) is 77.6 Å². The number of ether oxygens (including phenoxy) is 2. The number of benzene rings is 1. The fraction of sp³-hybridized carbons (Fsp3) is 0.391. The molecule has 3 aromatic rings. The van der Waals surface area contributed by atoms with Crippen LogP contribution in [0.3, 0.4) is 0 Å². The van der Waals surface area contributed by atoms with Crippen molar-refractivity contribution in [1.29, 1.82) is 0 Å². The number of hydrogen-bond acceptors (Lipinski definition) is 6. The van der Waals surface area contributed by atoms with Crippen molar-refractivity contribution in [2.24, 2.45) is 0 Å². The molecule has 0 bridgehead atoms. The van der Waals surface area contributed by atoms with Gasteiger partial charge in [0.25, 0.3) is 0 Å². The SMILES string of the molecule is OCC1Cc2nccc(-c3cc(Cl)cc4c3O[C@@H](c3onc5c3CCCC5)C4)c2O1. The Bertz CT molecular complexity index is 1140. The summed E-state index contributed by atoms with van der Waals surface area (Å²) in [4.78, 5) is 4.43. The van der Waals surface area contributed by atoms with E-state index in [2.05, 4.69) is 10.1 Å². The summed E-state index contributed by atoms with van der Waals surface area (Å²) >= 11 is 6.49. The monoisotopic (exact) mass is 424 g/mol. The first-order valence-corrected chi connectivity index (χ1v) is 10.8. The summed E-state index contributed by atoms with van der Waals surface area (Å²) < 4.78 is 18.2. The number of halogens is 1. The molecule has 0 saturated heterocycles. The first kappa shape index (κ1) is 18.2. The van der Waals surface area contributed by atoms with Crippen LogP contribution in [-0.4, -0.2) is 28.0 Å². The lowest BCUT2D eigenvalue weighted by Gasteiger charge is -2.15. The minimum absolute atomic E-state index is 0.0430. The third-order valence-electron chi connectivity index (χ3n) is 6.26. The molecule has 0 saturated carbocycles. The van der Waals surface area contributed by atoms with Gasteiger partial charge in [-0.3, -0.25) is 4.98 Å². The summed E-state index contributed by atoms with van der Waals surface area (Å²) in [5.74, 6) is 2.35. The van der Waals surface area contributed by atoms with Crippen LogP contribution in [0, 0.1) is 0 Å². The summed E-state index contributed by atoms with van der Waals surface area (Å²) in [5, 5.41) is 14.5. The predicted molar refractivity (Wildman–Crippen MR) is 110 cm³/mol. The fourth-order valence-corrected chi connectivity index (χ4v) is 5.09. The highest BCUT2D eigenvalue weighted by atomic mass is 35.5. The second-order valence-corrected chi connectivity index (χ2v) is 8.63. The standard InChI is InChI=1S/C23H21ClN2O4/c24-13-7-12-8-20(23-16-3-1-2-4-18(16)26-30-23)29-21(12)17(9-13)15-5-6-25-19-10-14(11-27)28-22(15)19/h5-7,9,14,20,27H,1-4,8,10-11H2/t14?,20-/m1/s1. The Hall–Kier alpha value is -2.57. The largest absolute Gasteiger partial charge is 0.485 e. The molecule has 6 rings (SSSR count). The summed E-state index contributed by atoms with van der Waals surface area (Å²) in [6.45, 7) is -0.0430. The van der Waals surface area contributed by atoms with Crippen LogP contribution >= 0.6 is 11.6 Å². The van der Waals surface area contributed by atoms with E-state index in [0.717, 1.165) is 65.3 Å². The summed E-state index contributed by atoms with van der Waals surface area (Å²) in [6, 6.07) is 5.78. The van der Waals surface area contributed by atoms with Gasteiger partial charge in [-0.15, -0.1) is 0 Å². The fourth-order valence-electron chi connectivity index (χ4n) is 4.85. The van der Waals surface area contributed by atoms with Crippen LogP contribution in [0.1, 0.15) is 47.2 Å². The van der Waals surface area contributed by atoms with Crippen LogP contribution < -0.4 is 9.47 Å². The second-order valence-electron chi connectivity index (χ2n) is 8.19. The zero-order valence-corrected chi connectivity index (χ0v) is 17.1. The lowest BCUT2D eigenvalue weighted by Crippen LogP contribution is -2.17. The minimum atomic E-state index is -0.268. The quantitative estimate of drug-likeness (QED) is 0.677. The van der Waals surface area contributed by atoms with E-state index in [0.29, 0.717) is 23.6 Å². The third kappa shape index (κ3) is 2.81. The summed E-state index contributed by atoms with van der Waals surface area (Å²) in [7, 11) is 0. The van der Waals surface area contributed by atoms with Crippen LogP contribution in [0.25, 0.3) is 11.1 Å². The number of aryl methyl sites for hydroxylation is 1. The Balaban J connectivity index is 1.41. The normalized spacial score (nSPS) is 21.5. The van der Waals surface area contributed by atoms with Crippen molar-refractivity contribution in [2.75, 3.05) is 6.61 Å². The molecule has 2 atom stereocenters. The molecule has 4 heterocycles. The Morgan fingerprint density at radius 1 is 1.03 bits per heavy atom. The highest BCUT2D eigenvalue weighted by Crippen LogP contribution is 2.49. The molecule has 0 spiro atoms. The van der Waals surface area contributed by atoms with E-state index in [1.165, 1.54) is 5.56 Å². The lowest BCUT2D eigenvalue weighted by atomic mass is 9.93. The van der Waals surface area contributed by atoms with Crippen molar-refractivity contribution in [3.8, 4) is 22.6 Å². The second kappa shape index (κ2) is 7.00. The van der Waals surface area contributed by atoms with Gasteiger partial charge >= 0.3 is 0 Å². The van der Waals surface area contributed by atoms with Gasteiger partial charge in [0, 0.05) is 46.3 Å². The molecule has 1 N–H and O–H groups in total. The van der Waals surface area contributed by atoms with Crippen molar-refractivity contribution in [3.05, 3.63) is 57.7 Å². The van der Waals surface area contributed by atoms with E-state index >= 15 is 0 Å². The maximum Gasteiger partial charge on any atom is 0.181 e. The molecule has 1 aliphatic carbocycles. The van der Waals surface area contributed by atoms with E-state index in [1.54, 1.807) is 6.20 Å². The number of aromatic nitrogens is 2. The Labute approximate surface area is 178 Å². The zero-order chi connectivity index (χ0) is 20.2. The number of aliphatic hydroxyl groups excluding tert-OH is 1. The van der Waals surface area contributed by atoms with Crippen LogP contribution in [0.15, 0.2) is 28.9 Å². The van der Waals surface area contributed by atoms with Gasteiger partial charge in [-0.05, 0) is 43.9 Å². The van der Waals surface area contributed by atoms with Gasteiger partial charge in [0.15, 0.2) is 11.9 Å². The minimum Gasteiger partial charge on any atom is -0.485 e.